The Hall–Kier alpha value is -3.82. The zero-order valence-electron chi connectivity index (χ0n) is 15.7. The van der Waals surface area contributed by atoms with Crippen LogP contribution in [0.4, 0.5) is 18.9 Å². The van der Waals surface area contributed by atoms with Crippen molar-refractivity contribution in [3.8, 4) is 22.6 Å². The smallest absolute Gasteiger partial charge is 0.407 e. The van der Waals surface area contributed by atoms with E-state index in [9.17, 15) is 18.3 Å². The van der Waals surface area contributed by atoms with Gasteiger partial charge in [0, 0.05) is 34.9 Å². The van der Waals surface area contributed by atoms with Crippen LogP contribution in [0.2, 0.25) is 0 Å². The van der Waals surface area contributed by atoms with Crippen molar-refractivity contribution in [2.45, 2.75) is 13.1 Å². The highest BCUT2D eigenvalue weighted by atomic mass is 19.4. The van der Waals surface area contributed by atoms with Gasteiger partial charge in [0.25, 0.3) is 0 Å². The molecule has 1 aromatic carbocycles. The van der Waals surface area contributed by atoms with Crippen LogP contribution in [0.5, 0.6) is 0 Å². The highest BCUT2D eigenvalue weighted by Gasteiger charge is 2.26. The molecule has 10 heteroatoms. The fourth-order valence-electron chi connectivity index (χ4n) is 2.98. The lowest BCUT2D eigenvalue weighted by molar-refractivity contribution is -0.216. The average Bonchev–Trinajstić information content (AvgIpc) is 3.32. The molecule has 0 amide bonds. The first-order chi connectivity index (χ1) is 14.3. The number of aromatic nitrogens is 4. The molecular formula is C20H16F3N6O-. The van der Waals surface area contributed by atoms with Gasteiger partial charge in [-0.2, -0.15) is 13.2 Å². The number of hydrogen-bond donors (Lipinski definition) is 2. The van der Waals surface area contributed by atoms with Crippen molar-refractivity contribution in [2.24, 2.45) is 4.99 Å². The molecule has 154 valence electrons. The summed E-state index contributed by atoms with van der Waals surface area (Å²) in [7, 11) is 0. The number of fused-ring (bicyclic) bond motifs is 1. The first kappa shape index (κ1) is 19.5. The van der Waals surface area contributed by atoms with Gasteiger partial charge in [-0.05, 0) is 31.2 Å². The second-order valence-electron chi connectivity index (χ2n) is 6.64. The maximum atomic E-state index is 12.2. The molecule has 4 rings (SSSR count). The van der Waals surface area contributed by atoms with E-state index in [4.69, 9.17) is 0 Å². The summed E-state index contributed by atoms with van der Waals surface area (Å²) in [6.45, 7) is 0.397. The van der Waals surface area contributed by atoms with E-state index >= 15 is 0 Å². The van der Waals surface area contributed by atoms with Gasteiger partial charge >= 0.3 is 6.18 Å². The molecule has 0 bridgehead atoms. The van der Waals surface area contributed by atoms with Crippen LogP contribution >= 0.6 is 0 Å². The quantitative estimate of drug-likeness (QED) is 0.396. The van der Waals surface area contributed by atoms with Crippen LogP contribution in [0, 0.1) is 6.92 Å². The van der Waals surface area contributed by atoms with Gasteiger partial charge in [-0.1, -0.05) is 12.1 Å². The first-order valence-electron chi connectivity index (χ1n) is 8.93. The minimum Gasteiger partial charge on any atom is -0.846 e. The lowest BCUT2D eigenvalue weighted by Gasteiger charge is -2.15. The number of imidazole rings is 2. The summed E-state index contributed by atoms with van der Waals surface area (Å²) in [5, 5.41) is 14.0. The van der Waals surface area contributed by atoms with Crippen LogP contribution in [0.1, 0.15) is 5.69 Å². The third-order valence-electron chi connectivity index (χ3n) is 4.30. The topological polar surface area (TPSA) is 93.4 Å². The molecule has 0 aliphatic carbocycles. The van der Waals surface area contributed by atoms with E-state index in [1.54, 1.807) is 30.6 Å². The highest BCUT2D eigenvalue weighted by Crippen LogP contribution is 2.26. The summed E-state index contributed by atoms with van der Waals surface area (Å²) < 4.78 is 38.5. The molecule has 7 nitrogen and oxygen atoms in total. The molecular weight excluding hydrogens is 397 g/mol. The molecule has 0 saturated heterocycles. The molecule has 0 unspecified atom stereocenters. The second kappa shape index (κ2) is 7.54. The summed E-state index contributed by atoms with van der Waals surface area (Å²) >= 11 is 0. The number of nitrogens with one attached hydrogen (secondary N) is 2. The van der Waals surface area contributed by atoms with E-state index in [0.29, 0.717) is 11.3 Å². The van der Waals surface area contributed by atoms with E-state index in [1.807, 2.05) is 35.7 Å². The Balaban J connectivity index is 1.60. The van der Waals surface area contributed by atoms with Gasteiger partial charge in [-0.15, -0.1) is 0 Å². The standard InChI is InChI=1S/C20H17F3N6O/c1-12-9-25-18(27-12)14-5-6-29-16(10-24-17(29)8-14)13-3-2-4-15(7-13)28-19(30)26-11-20(21,22)23/h2-10H,11H2,1H3,(H,25,27)(H2,26,28,30)/p-1. The number of pyridine rings is 1. The molecule has 0 radical (unpaired) electrons. The monoisotopic (exact) mass is 413 g/mol. The maximum Gasteiger partial charge on any atom is 0.407 e. The number of nitrogens with zero attached hydrogens (tertiary/aromatic N) is 4. The molecule has 30 heavy (non-hydrogen) atoms. The van der Waals surface area contributed by atoms with Gasteiger partial charge in [-0.3, -0.25) is 9.39 Å². The number of anilines is 1. The zero-order valence-corrected chi connectivity index (χ0v) is 15.7. The van der Waals surface area contributed by atoms with Gasteiger partial charge in [0.1, 0.15) is 18.0 Å². The summed E-state index contributed by atoms with van der Waals surface area (Å²) in [5.41, 5.74) is 4.37. The van der Waals surface area contributed by atoms with Crippen molar-refractivity contribution in [3.63, 3.8) is 0 Å². The van der Waals surface area contributed by atoms with Crippen molar-refractivity contribution < 1.29 is 18.3 Å². The van der Waals surface area contributed by atoms with E-state index in [-0.39, 0.29) is 0 Å². The predicted molar refractivity (Wildman–Crippen MR) is 105 cm³/mol. The van der Waals surface area contributed by atoms with E-state index in [1.165, 1.54) is 0 Å². The maximum absolute atomic E-state index is 12.2. The molecule has 0 aliphatic heterocycles. The largest absolute Gasteiger partial charge is 0.846 e. The second-order valence-corrected chi connectivity index (χ2v) is 6.64. The molecule has 0 atom stereocenters. The third kappa shape index (κ3) is 4.27. The zero-order chi connectivity index (χ0) is 21.3. The molecule has 0 saturated carbocycles. The number of amidine groups is 1. The molecule has 0 spiro atoms. The number of hydrogen-bond acceptors (Lipinski definition) is 4. The van der Waals surface area contributed by atoms with Gasteiger partial charge in [-0.25, -0.2) is 9.97 Å². The summed E-state index contributed by atoms with van der Waals surface area (Å²) in [6, 6.07) is 9.46. The summed E-state index contributed by atoms with van der Waals surface area (Å²) in [4.78, 5) is 14.9. The van der Waals surface area contributed by atoms with Crippen molar-refractivity contribution >= 4 is 17.4 Å². The number of aryl methyl sites for hydroxylation is 1. The number of halogens is 3. The van der Waals surface area contributed by atoms with Gasteiger partial charge in [0.15, 0.2) is 0 Å². The Morgan fingerprint density at radius 1 is 1.17 bits per heavy atom. The van der Waals surface area contributed by atoms with Crippen molar-refractivity contribution in [1.29, 1.82) is 0 Å². The lowest BCUT2D eigenvalue weighted by Crippen LogP contribution is -2.29. The molecule has 3 aromatic heterocycles. The van der Waals surface area contributed by atoms with Gasteiger partial charge in [0.05, 0.1) is 17.9 Å². The number of alkyl halides is 3. The minimum absolute atomic E-state index is 0.334. The van der Waals surface area contributed by atoms with Crippen molar-refractivity contribution in [1.82, 2.24) is 19.4 Å². The minimum atomic E-state index is -4.52. The molecule has 3 heterocycles. The lowest BCUT2D eigenvalue weighted by atomic mass is 10.1. The summed E-state index contributed by atoms with van der Waals surface area (Å²) in [6.07, 6.45) is 0.760. The van der Waals surface area contributed by atoms with Crippen LogP contribution in [0.15, 0.2) is 60.0 Å². The third-order valence-corrected chi connectivity index (χ3v) is 4.30. The van der Waals surface area contributed by atoms with Crippen LogP contribution in [0.3, 0.4) is 0 Å². The number of benzene rings is 1. The molecule has 4 aromatic rings. The number of aromatic amines is 1. The van der Waals surface area contributed by atoms with Crippen LogP contribution < -0.4 is 10.4 Å². The summed E-state index contributed by atoms with van der Waals surface area (Å²) in [5.74, 6) is 0.742. The van der Waals surface area contributed by atoms with Gasteiger partial charge < -0.3 is 15.4 Å². The Morgan fingerprint density at radius 2 is 2.00 bits per heavy atom. The highest BCUT2D eigenvalue weighted by molar-refractivity contribution is 5.86. The van der Waals surface area contributed by atoms with Crippen molar-refractivity contribution in [2.75, 3.05) is 11.9 Å². The van der Waals surface area contributed by atoms with Gasteiger partial charge in [0.2, 0.25) is 0 Å². The van der Waals surface area contributed by atoms with Crippen molar-refractivity contribution in [3.05, 3.63) is 60.7 Å². The fourth-order valence-corrected chi connectivity index (χ4v) is 2.98. The normalized spacial score (nSPS) is 12.5. The number of aliphatic imine (C=N–C) groups is 1. The van der Waals surface area contributed by atoms with Crippen LogP contribution in [-0.4, -0.2) is 38.1 Å². The molecule has 2 N–H and O–H groups in total. The van der Waals surface area contributed by atoms with Crippen LogP contribution in [-0.2, 0) is 0 Å². The predicted octanol–water partition coefficient (Wildman–Crippen LogP) is 3.39. The Morgan fingerprint density at radius 3 is 2.73 bits per heavy atom. The Labute approximate surface area is 169 Å². The average molecular weight is 413 g/mol. The first-order valence-corrected chi connectivity index (χ1v) is 8.93. The number of rotatable bonds is 4. The Kier molecular flexibility index (Phi) is 4.90. The Bertz CT molecular complexity index is 1220. The van der Waals surface area contributed by atoms with E-state index in [2.05, 4.69) is 25.3 Å². The van der Waals surface area contributed by atoms with Crippen LogP contribution in [0.25, 0.3) is 28.3 Å². The van der Waals surface area contributed by atoms with E-state index in [0.717, 1.165) is 28.3 Å². The molecule has 0 aliphatic rings. The number of H-pyrrole nitrogens is 1. The SMILES string of the molecule is Cc1cnc(-c2ccn3c(-c4cccc(NC([O-])=NCC(F)(F)F)c4)cnc3c2)[nH]1. The fraction of sp³-hybridized carbons (Fsp3) is 0.150. The van der Waals surface area contributed by atoms with E-state index < -0.39 is 18.7 Å². The molecule has 0 fully saturated rings.